The van der Waals surface area contributed by atoms with E-state index in [1.807, 2.05) is 0 Å². The minimum atomic E-state index is -0.174. The van der Waals surface area contributed by atoms with Crippen LogP contribution in [0.1, 0.15) is 6.42 Å². The number of hydrogen-bond acceptors (Lipinski definition) is 5. The van der Waals surface area contributed by atoms with E-state index in [2.05, 4.69) is 9.97 Å². The van der Waals surface area contributed by atoms with Crippen LogP contribution in [-0.2, 0) is 6.54 Å². The predicted molar refractivity (Wildman–Crippen MR) is 64.0 cm³/mol. The van der Waals surface area contributed by atoms with Crippen molar-refractivity contribution in [3.63, 3.8) is 0 Å². The second-order valence-electron chi connectivity index (χ2n) is 3.59. The van der Waals surface area contributed by atoms with E-state index >= 15 is 0 Å². The van der Waals surface area contributed by atoms with Crippen LogP contribution >= 0.6 is 0 Å². The predicted octanol–water partition coefficient (Wildman–Crippen LogP) is 0.149. The van der Waals surface area contributed by atoms with Crippen LogP contribution in [0.3, 0.4) is 0 Å². The summed E-state index contributed by atoms with van der Waals surface area (Å²) in [4.78, 5) is 20.0. The summed E-state index contributed by atoms with van der Waals surface area (Å²) in [5.74, 6) is 0.464. The fourth-order valence-corrected chi connectivity index (χ4v) is 1.60. The minimum Gasteiger partial charge on any atom is -0.481 e. The molecule has 2 N–H and O–H groups in total. The van der Waals surface area contributed by atoms with Gasteiger partial charge in [0, 0.05) is 12.6 Å². The van der Waals surface area contributed by atoms with E-state index in [1.165, 1.54) is 13.3 Å². The van der Waals surface area contributed by atoms with Crippen molar-refractivity contribution >= 4 is 11.2 Å². The molecule has 6 heteroatoms. The molecule has 2 aromatic heterocycles. The third-order valence-electron chi connectivity index (χ3n) is 2.46. The van der Waals surface area contributed by atoms with Gasteiger partial charge in [0.2, 0.25) is 5.88 Å². The summed E-state index contributed by atoms with van der Waals surface area (Å²) in [6.07, 6.45) is 2.02. The zero-order valence-electron chi connectivity index (χ0n) is 9.59. The van der Waals surface area contributed by atoms with Crippen molar-refractivity contribution in [1.82, 2.24) is 14.5 Å². The lowest BCUT2D eigenvalue weighted by molar-refractivity contribution is 0.398. The zero-order chi connectivity index (χ0) is 12.3. The van der Waals surface area contributed by atoms with E-state index in [9.17, 15) is 4.79 Å². The largest absolute Gasteiger partial charge is 0.481 e. The van der Waals surface area contributed by atoms with Crippen molar-refractivity contribution in [1.29, 1.82) is 0 Å². The molecule has 0 aliphatic carbocycles. The molecular weight excluding hydrogens is 220 g/mol. The first-order chi connectivity index (χ1) is 8.26. The van der Waals surface area contributed by atoms with Crippen molar-refractivity contribution in [3.8, 4) is 5.88 Å². The standard InChI is InChI=1S/C11H14N4O2/c1-17-9-4-3-8-11(14-9)15(6-2-5-12)10(16)7-13-8/h3-4,7H,2,5-6,12H2,1H3. The van der Waals surface area contributed by atoms with Gasteiger partial charge in [0.25, 0.3) is 5.56 Å². The lowest BCUT2D eigenvalue weighted by Gasteiger charge is -2.08. The summed E-state index contributed by atoms with van der Waals surface area (Å²) in [5, 5.41) is 0. The van der Waals surface area contributed by atoms with Crippen molar-refractivity contribution < 1.29 is 4.74 Å². The van der Waals surface area contributed by atoms with Crippen molar-refractivity contribution in [2.24, 2.45) is 5.73 Å². The van der Waals surface area contributed by atoms with E-state index < -0.39 is 0 Å². The van der Waals surface area contributed by atoms with Crippen molar-refractivity contribution in [2.75, 3.05) is 13.7 Å². The molecule has 0 saturated heterocycles. The number of ether oxygens (including phenoxy) is 1. The average molecular weight is 234 g/mol. The van der Waals surface area contributed by atoms with Gasteiger partial charge in [-0.2, -0.15) is 4.98 Å². The molecule has 2 aromatic rings. The van der Waals surface area contributed by atoms with Crippen molar-refractivity contribution in [2.45, 2.75) is 13.0 Å². The highest BCUT2D eigenvalue weighted by Crippen LogP contribution is 2.12. The number of rotatable bonds is 4. The number of fused-ring (bicyclic) bond motifs is 1. The monoisotopic (exact) mass is 234 g/mol. The molecule has 0 saturated carbocycles. The Morgan fingerprint density at radius 3 is 3.00 bits per heavy atom. The van der Waals surface area contributed by atoms with E-state index in [0.717, 1.165) is 6.42 Å². The lowest BCUT2D eigenvalue weighted by atomic mass is 10.3. The van der Waals surface area contributed by atoms with E-state index in [1.54, 1.807) is 16.7 Å². The van der Waals surface area contributed by atoms with E-state index in [-0.39, 0.29) is 5.56 Å². The van der Waals surface area contributed by atoms with Crippen LogP contribution < -0.4 is 16.0 Å². The molecule has 0 unspecified atom stereocenters. The van der Waals surface area contributed by atoms with Crippen LogP contribution in [0.25, 0.3) is 11.2 Å². The van der Waals surface area contributed by atoms with Gasteiger partial charge in [0.15, 0.2) is 5.65 Å². The molecule has 0 bridgehead atoms. The second kappa shape index (κ2) is 4.92. The summed E-state index contributed by atoms with van der Waals surface area (Å²) in [6.45, 7) is 1.06. The van der Waals surface area contributed by atoms with E-state index in [0.29, 0.717) is 30.1 Å². The molecule has 2 heterocycles. The summed E-state index contributed by atoms with van der Waals surface area (Å²) < 4.78 is 6.61. The smallest absolute Gasteiger partial charge is 0.270 e. The van der Waals surface area contributed by atoms with Crippen LogP contribution in [-0.4, -0.2) is 28.2 Å². The first kappa shape index (κ1) is 11.5. The van der Waals surface area contributed by atoms with Crippen LogP contribution in [0.4, 0.5) is 0 Å². The minimum absolute atomic E-state index is 0.174. The molecule has 17 heavy (non-hydrogen) atoms. The average Bonchev–Trinajstić information content (AvgIpc) is 2.37. The first-order valence-corrected chi connectivity index (χ1v) is 5.37. The zero-order valence-corrected chi connectivity index (χ0v) is 9.59. The Kier molecular flexibility index (Phi) is 3.34. The molecule has 0 atom stereocenters. The SMILES string of the molecule is COc1ccc2ncc(=O)n(CCCN)c2n1. The van der Waals surface area contributed by atoms with Crippen molar-refractivity contribution in [3.05, 3.63) is 28.7 Å². The highest BCUT2D eigenvalue weighted by Gasteiger charge is 2.06. The van der Waals surface area contributed by atoms with Gasteiger partial charge in [-0.15, -0.1) is 0 Å². The summed E-state index contributed by atoms with van der Waals surface area (Å²) in [7, 11) is 1.53. The number of methoxy groups -OCH3 is 1. The van der Waals surface area contributed by atoms with Gasteiger partial charge in [-0.1, -0.05) is 0 Å². The third-order valence-corrected chi connectivity index (χ3v) is 2.46. The Labute approximate surface area is 98.1 Å². The molecule has 0 fully saturated rings. The molecule has 2 rings (SSSR count). The number of nitrogens with two attached hydrogens (primary N) is 1. The van der Waals surface area contributed by atoms with Gasteiger partial charge in [-0.3, -0.25) is 9.36 Å². The van der Waals surface area contributed by atoms with Crippen LogP contribution in [0.2, 0.25) is 0 Å². The number of aromatic nitrogens is 3. The highest BCUT2D eigenvalue weighted by molar-refractivity contribution is 5.70. The van der Waals surface area contributed by atoms with Gasteiger partial charge in [-0.25, -0.2) is 4.98 Å². The Morgan fingerprint density at radius 1 is 1.47 bits per heavy atom. The first-order valence-electron chi connectivity index (χ1n) is 5.37. The fourth-order valence-electron chi connectivity index (χ4n) is 1.60. The third kappa shape index (κ3) is 2.26. The number of aryl methyl sites for hydroxylation is 1. The molecule has 0 spiro atoms. The maximum absolute atomic E-state index is 11.7. The lowest BCUT2D eigenvalue weighted by Crippen LogP contribution is -2.22. The number of nitrogens with zero attached hydrogens (tertiary/aromatic N) is 3. The fraction of sp³-hybridized carbons (Fsp3) is 0.364. The summed E-state index contributed by atoms with van der Waals surface area (Å²) in [6, 6.07) is 3.49. The quantitative estimate of drug-likeness (QED) is 0.814. The molecule has 0 amide bonds. The Balaban J connectivity index is 2.60. The Morgan fingerprint density at radius 2 is 2.29 bits per heavy atom. The Bertz CT molecular complexity index is 579. The normalized spacial score (nSPS) is 10.7. The van der Waals surface area contributed by atoms with Gasteiger partial charge >= 0.3 is 0 Å². The maximum Gasteiger partial charge on any atom is 0.270 e. The topological polar surface area (TPSA) is 83.0 Å². The van der Waals surface area contributed by atoms with Gasteiger partial charge in [-0.05, 0) is 19.0 Å². The van der Waals surface area contributed by atoms with Crippen LogP contribution in [0.15, 0.2) is 23.1 Å². The summed E-state index contributed by atoms with van der Waals surface area (Å²) in [5.41, 5.74) is 6.48. The number of hydrogen-bond donors (Lipinski definition) is 1. The maximum atomic E-state index is 11.7. The number of pyridine rings is 1. The van der Waals surface area contributed by atoms with E-state index in [4.69, 9.17) is 10.5 Å². The molecule has 0 aliphatic heterocycles. The molecule has 0 aromatic carbocycles. The highest BCUT2D eigenvalue weighted by atomic mass is 16.5. The molecule has 0 aliphatic rings. The summed E-state index contributed by atoms with van der Waals surface area (Å²) >= 11 is 0. The van der Waals surface area contributed by atoms with Crippen LogP contribution in [0.5, 0.6) is 5.88 Å². The Hall–Kier alpha value is -1.95. The molecule has 0 radical (unpaired) electrons. The molecule has 6 nitrogen and oxygen atoms in total. The molecule has 90 valence electrons. The second-order valence-corrected chi connectivity index (χ2v) is 3.59. The van der Waals surface area contributed by atoms with Gasteiger partial charge < -0.3 is 10.5 Å². The van der Waals surface area contributed by atoms with Crippen LogP contribution in [0, 0.1) is 0 Å². The molecular formula is C11H14N4O2. The van der Waals surface area contributed by atoms with Gasteiger partial charge in [0.05, 0.1) is 13.3 Å². The van der Waals surface area contributed by atoms with Gasteiger partial charge in [0.1, 0.15) is 5.52 Å².